The third-order valence-electron chi connectivity index (χ3n) is 5.16. The first-order chi connectivity index (χ1) is 13.3. The number of aromatic nitrogens is 2. The molecule has 1 saturated heterocycles. The Labute approximate surface area is 159 Å². The van der Waals surface area contributed by atoms with Crippen LogP contribution in [0.3, 0.4) is 0 Å². The summed E-state index contributed by atoms with van der Waals surface area (Å²) < 4.78 is 5.34. The third-order valence-corrected chi connectivity index (χ3v) is 5.16. The molecule has 2 aliphatic rings. The molecule has 2 aliphatic heterocycles. The predicted molar refractivity (Wildman–Crippen MR) is 103 cm³/mol. The van der Waals surface area contributed by atoms with Crippen LogP contribution in [-0.2, 0) is 17.7 Å². The van der Waals surface area contributed by atoms with E-state index in [1.54, 1.807) is 6.07 Å². The summed E-state index contributed by atoms with van der Waals surface area (Å²) in [7, 11) is 0. The highest BCUT2D eigenvalue weighted by molar-refractivity contribution is 5.92. The molecule has 0 radical (unpaired) electrons. The van der Waals surface area contributed by atoms with Gasteiger partial charge in [-0.2, -0.15) is 0 Å². The molecule has 0 atom stereocenters. The summed E-state index contributed by atoms with van der Waals surface area (Å²) >= 11 is 0. The molecule has 0 aliphatic carbocycles. The fraction of sp³-hybridized carbons (Fsp3) is 0.450. The molecule has 1 N–H and O–H groups in total. The molecule has 142 valence electrons. The van der Waals surface area contributed by atoms with Crippen LogP contribution in [0.2, 0.25) is 0 Å². The third kappa shape index (κ3) is 4.43. The van der Waals surface area contributed by atoms with Gasteiger partial charge in [-0.1, -0.05) is 24.3 Å². The lowest BCUT2D eigenvalue weighted by Gasteiger charge is -2.29. The quantitative estimate of drug-likeness (QED) is 0.853. The Morgan fingerprint density at radius 2 is 1.93 bits per heavy atom. The van der Waals surface area contributed by atoms with Crippen LogP contribution in [0.15, 0.2) is 36.7 Å². The second-order valence-electron chi connectivity index (χ2n) is 6.91. The number of ether oxygens (including phenoxy) is 1. The number of fused-ring (bicyclic) bond motifs is 1. The number of nitrogens with one attached hydrogen (secondary N) is 1. The van der Waals surface area contributed by atoms with Crippen LogP contribution in [-0.4, -0.2) is 66.7 Å². The van der Waals surface area contributed by atoms with Crippen molar-refractivity contribution in [3.05, 3.63) is 53.5 Å². The van der Waals surface area contributed by atoms with E-state index >= 15 is 0 Å². The van der Waals surface area contributed by atoms with Gasteiger partial charge in [0.1, 0.15) is 17.8 Å². The highest BCUT2D eigenvalue weighted by atomic mass is 16.5. The summed E-state index contributed by atoms with van der Waals surface area (Å²) in [6.07, 6.45) is 2.47. The number of anilines is 1. The van der Waals surface area contributed by atoms with Crippen molar-refractivity contribution in [2.75, 3.05) is 50.8 Å². The van der Waals surface area contributed by atoms with Crippen LogP contribution in [0.1, 0.15) is 21.6 Å². The Bertz CT molecular complexity index is 791. The van der Waals surface area contributed by atoms with Crippen LogP contribution in [0.5, 0.6) is 0 Å². The minimum absolute atomic E-state index is 0.149. The number of benzene rings is 1. The summed E-state index contributed by atoms with van der Waals surface area (Å²) in [6, 6.07) is 10.3. The standard InChI is InChI=1S/C20H25N5O2/c26-20(21-6-8-24-9-11-27-12-10-24)18-13-19(23-15-22-18)25-7-5-16-3-1-2-4-17(16)14-25/h1-4,13,15H,5-12,14H2,(H,21,26). The van der Waals surface area contributed by atoms with E-state index in [1.807, 2.05) is 0 Å². The Morgan fingerprint density at radius 3 is 2.78 bits per heavy atom. The van der Waals surface area contributed by atoms with Crippen molar-refractivity contribution in [1.29, 1.82) is 0 Å². The van der Waals surface area contributed by atoms with E-state index in [1.165, 1.54) is 17.5 Å². The SMILES string of the molecule is O=C(NCCN1CCOCC1)c1cc(N2CCc3ccccc3C2)ncn1. The first kappa shape index (κ1) is 17.9. The molecule has 1 fully saturated rings. The summed E-state index contributed by atoms with van der Waals surface area (Å²) in [5, 5.41) is 2.96. The molecular weight excluding hydrogens is 342 g/mol. The first-order valence-electron chi connectivity index (χ1n) is 9.52. The number of carbonyl (C=O) groups is 1. The Hall–Kier alpha value is -2.51. The maximum Gasteiger partial charge on any atom is 0.270 e. The number of morpholine rings is 1. The Morgan fingerprint density at radius 1 is 1.11 bits per heavy atom. The van der Waals surface area contributed by atoms with Gasteiger partial charge in [-0.25, -0.2) is 9.97 Å². The molecule has 7 heteroatoms. The molecule has 7 nitrogen and oxygen atoms in total. The summed E-state index contributed by atoms with van der Waals surface area (Å²) in [5.74, 6) is 0.655. The zero-order valence-electron chi connectivity index (χ0n) is 15.4. The van der Waals surface area contributed by atoms with Gasteiger partial charge in [0.05, 0.1) is 13.2 Å². The summed E-state index contributed by atoms with van der Waals surface area (Å²) in [6.45, 7) is 6.51. The molecule has 2 aromatic rings. The van der Waals surface area contributed by atoms with Crippen molar-refractivity contribution in [3.63, 3.8) is 0 Å². The molecule has 27 heavy (non-hydrogen) atoms. The Balaban J connectivity index is 1.35. The van der Waals surface area contributed by atoms with Gasteiger partial charge in [0.15, 0.2) is 0 Å². The molecule has 1 aromatic carbocycles. The summed E-state index contributed by atoms with van der Waals surface area (Å²) in [5.41, 5.74) is 3.13. The van der Waals surface area contributed by atoms with Gasteiger partial charge in [-0.05, 0) is 17.5 Å². The molecule has 0 unspecified atom stereocenters. The molecule has 0 saturated carbocycles. The van der Waals surface area contributed by atoms with Crippen molar-refractivity contribution >= 4 is 11.7 Å². The van der Waals surface area contributed by atoms with E-state index < -0.39 is 0 Å². The van der Waals surface area contributed by atoms with E-state index in [2.05, 4.69) is 49.4 Å². The van der Waals surface area contributed by atoms with E-state index in [0.717, 1.165) is 58.2 Å². The first-order valence-corrected chi connectivity index (χ1v) is 9.52. The molecule has 1 aromatic heterocycles. The van der Waals surface area contributed by atoms with Crippen LogP contribution >= 0.6 is 0 Å². The largest absolute Gasteiger partial charge is 0.379 e. The lowest BCUT2D eigenvalue weighted by Crippen LogP contribution is -2.41. The van der Waals surface area contributed by atoms with Crippen LogP contribution < -0.4 is 10.2 Å². The number of hydrogen-bond donors (Lipinski definition) is 1. The molecular formula is C20H25N5O2. The van der Waals surface area contributed by atoms with E-state index in [4.69, 9.17) is 4.74 Å². The molecule has 0 spiro atoms. The number of rotatable bonds is 5. The van der Waals surface area contributed by atoms with Gasteiger partial charge < -0.3 is 15.0 Å². The minimum Gasteiger partial charge on any atom is -0.379 e. The van der Waals surface area contributed by atoms with Crippen molar-refractivity contribution in [1.82, 2.24) is 20.2 Å². The van der Waals surface area contributed by atoms with Gasteiger partial charge >= 0.3 is 0 Å². The van der Waals surface area contributed by atoms with Crippen molar-refractivity contribution in [2.24, 2.45) is 0 Å². The number of nitrogens with zero attached hydrogens (tertiary/aromatic N) is 4. The number of amides is 1. The molecule has 1 amide bonds. The van der Waals surface area contributed by atoms with Crippen molar-refractivity contribution < 1.29 is 9.53 Å². The second-order valence-corrected chi connectivity index (χ2v) is 6.91. The van der Waals surface area contributed by atoms with Gasteiger partial charge in [-0.15, -0.1) is 0 Å². The van der Waals surface area contributed by atoms with E-state index in [9.17, 15) is 4.79 Å². The second kappa shape index (κ2) is 8.45. The maximum atomic E-state index is 12.5. The Kier molecular flexibility index (Phi) is 5.60. The van der Waals surface area contributed by atoms with E-state index in [0.29, 0.717) is 12.2 Å². The van der Waals surface area contributed by atoms with Crippen LogP contribution in [0, 0.1) is 0 Å². The average molecular weight is 367 g/mol. The van der Waals surface area contributed by atoms with Gasteiger partial charge in [0, 0.05) is 45.3 Å². The minimum atomic E-state index is -0.149. The number of hydrogen-bond acceptors (Lipinski definition) is 6. The van der Waals surface area contributed by atoms with Crippen LogP contribution in [0.4, 0.5) is 5.82 Å². The molecule has 4 rings (SSSR count). The zero-order valence-corrected chi connectivity index (χ0v) is 15.4. The normalized spacial score (nSPS) is 17.4. The monoisotopic (exact) mass is 367 g/mol. The maximum absolute atomic E-state index is 12.5. The topological polar surface area (TPSA) is 70.6 Å². The highest BCUT2D eigenvalue weighted by Crippen LogP contribution is 2.22. The van der Waals surface area contributed by atoms with E-state index in [-0.39, 0.29) is 5.91 Å². The molecule has 3 heterocycles. The smallest absolute Gasteiger partial charge is 0.270 e. The van der Waals surface area contributed by atoms with Crippen molar-refractivity contribution in [2.45, 2.75) is 13.0 Å². The van der Waals surface area contributed by atoms with Gasteiger partial charge in [0.25, 0.3) is 5.91 Å². The number of carbonyl (C=O) groups excluding carboxylic acids is 1. The highest BCUT2D eigenvalue weighted by Gasteiger charge is 2.19. The fourth-order valence-corrected chi connectivity index (χ4v) is 3.58. The lowest BCUT2D eigenvalue weighted by atomic mass is 10.00. The fourth-order valence-electron chi connectivity index (χ4n) is 3.58. The van der Waals surface area contributed by atoms with Gasteiger partial charge in [-0.3, -0.25) is 9.69 Å². The zero-order chi connectivity index (χ0) is 18.5. The predicted octanol–water partition coefficient (Wildman–Crippen LogP) is 1.10. The van der Waals surface area contributed by atoms with Crippen LogP contribution in [0.25, 0.3) is 0 Å². The lowest BCUT2D eigenvalue weighted by molar-refractivity contribution is 0.0383. The summed E-state index contributed by atoms with van der Waals surface area (Å²) in [4.78, 5) is 25.5. The van der Waals surface area contributed by atoms with Crippen molar-refractivity contribution in [3.8, 4) is 0 Å². The van der Waals surface area contributed by atoms with Gasteiger partial charge in [0.2, 0.25) is 0 Å². The average Bonchev–Trinajstić information content (AvgIpc) is 2.74. The molecule has 0 bridgehead atoms.